The molecular formula is C29H42N6O4S2. The van der Waals surface area contributed by atoms with Crippen molar-refractivity contribution in [2.75, 3.05) is 5.32 Å². The maximum absolute atomic E-state index is 13.7. The van der Waals surface area contributed by atoms with Crippen LogP contribution in [0.2, 0.25) is 0 Å². The predicted octanol–water partition coefficient (Wildman–Crippen LogP) is 6.32. The molecule has 1 aliphatic rings. The van der Waals surface area contributed by atoms with E-state index in [0.717, 1.165) is 47.8 Å². The molecule has 1 amide bonds. The van der Waals surface area contributed by atoms with Crippen LogP contribution in [0.4, 0.5) is 16.3 Å². The molecule has 1 fully saturated rings. The van der Waals surface area contributed by atoms with Crippen LogP contribution in [0.3, 0.4) is 0 Å². The van der Waals surface area contributed by atoms with Gasteiger partial charge < -0.3 is 15.4 Å². The second-order valence-electron chi connectivity index (χ2n) is 11.9. The average molecular weight is 603 g/mol. The first-order valence-corrected chi connectivity index (χ1v) is 16.5. The van der Waals surface area contributed by atoms with Crippen molar-refractivity contribution in [3.63, 3.8) is 0 Å². The molecule has 224 valence electrons. The Kier molecular flexibility index (Phi) is 9.45. The number of alkyl carbamates (subject to hydrolysis) is 1. The Hall–Kier alpha value is -2.96. The smallest absolute Gasteiger partial charge is 0.407 e. The van der Waals surface area contributed by atoms with Gasteiger partial charge in [-0.05, 0) is 86.3 Å². The molecule has 1 aromatic carbocycles. The van der Waals surface area contributed by atoms with E-state index < -0.39 is 15.6 Å². The number of amides is 1. The Morgan fingerprint density at radius 1 is 1.17 bits per heavy atom. The minimum atomic E-state index is -3.86. The van der Waals surface area contributed by atoms with Gasteiger partial charge in [-0.3, -0.25) is 4.68 Å². The van der Waals surface area contributed by atoms with Crippen LogP contribution < -0.4 is 15.4 Å². The molecule has 0 spiro atoms. The quantitative estimate of drug-likeness (QED) is 0.262. The van der Waals surface area contributed by atoms with Crippen molar-refractivity contribution in [2.24, 2.45) is 0 Å². The van der Waals surface area contributed by atoms with Crippen LogP contribution in [0.5, 0.6) is 0 Å². The lowest BCUT2D eigenvalue weighted by atomic mass is 9.86. The van der Waals surface area contributed by atoms with Crippen molar-refractivity contribution < 1.29 is 17.9 Å². The largest absolute Gasteiger partial charge is 0.447 e. The first-order valence-electron chi connectivity index (χ1n) is 14.2. The number of thiazole rings is 1. The minimum Gasteiger partial charge on any atom is -0.447 e. The van der Waals surface area contributed by atoms with Crippen molar-refractivity contribution >= 4 is 39.0 Å². The third-order valence-corrected chi connectivity index (χ3v) is 9.90. The third kappa shape index (κ3) is 8.08. The van der Waals surface area contributed by atoms with Crippen LogP contribution in [0, 0.1) is 6.92 Å². The van der Waals surface area contributed by atoms with Gasteiger partial charge >= 0.3 is 6.09 Å². The van der Waals surface area contributed by atoms with E-state index in [1.807, 2.05) is 72.9 Å². The normalized spacial score (nSPS) is 18.0. The minimum absolute atomic E-state index is 0.0852. The highest BCUT2D eigenvalue weighted by Crippen LogP contribution is 2.42. The Labute approximate surface area is 247 Å². The van der Waals surface area contributed by atoms with E-state index in [1.165, 1.54) is 0 Å². The zero-order valence-electron chi connectivity index (χ0n) is 24.9. The molecule has 1 aliphatic carbocycles. The van der Waals surface area contributed by atoms with E-state index in [9.17, 15) is 13.2 Å². The number of benzene rings is 1. The van der Waals surface area contributed by atoms with Crippen molar-refractivity contribution in [3.8, 4) is 10.4 Å². The topological polar surface area (TPSA) is 127 Å². The van der Waals surface area contributed by atoms with Crippen LogP contribution in [0.1, 0.15) is 83.8 Å². The SMILES string of the molecule is CCn1ccc(Nc2ccc(-c3sc([C@H]4CC[C@H](NC(=O)OC(C)C)CC4)nc3C)c(S(=O)(=O)NC(C)(C)C)c2)n1. The van der Waals surface area contributed by atoms with Gasteiger partial charge in [0, 0.05) is 47.6 Å². The second-order valence-corrected chi connectivity index (χ2v) is 14.5. The summed E-state index contributed by atoms with van der Waals surface area (Å²) in [6, 6.07) is 7.34. The van der Waals surface area contributed by atoms with Crippen molar-refractivity contribution in [1.29, 1.82) is 0 Å². The van der Waals surface area contributed by atoms with E-state index in [-0.39, 0.29) is 29.1 Å². The number of rotatable bonds is 9. The molecule has 2 aromatic heterocycles. The fourth-order valence-electron chi connectivity index (χ4n) is 4.96. The second kappa shape index (κ2) is 12.5. The molecule has 2 heterocycles. The predicted molar refractivity (Wildman–Crippen MR) is 163 cm³/mol. The molecular weight excluding hydrogens is 560 g/mol. The summed E-state index contributed by atoms with van der Waals surface area (Å²) in [5.41, 5.74) is 1.41. The van der Waals surface area contributed by atoms with Crippen LogP contribution in [-0.4, -0.2) is 47.0 Å². The molecule has 12 heteroatoms. The maximum Gasteiger partial charge on any atom is 0.407 e. The molecule has 4 rings (SSSR count). The molecule has 3 aromatic rings. The van der Waals surface area contributed by atoms with Crippen LogP contribution in [0.25, 0.3) is 10.4 Å². The number of nitrogens with one attached hydrogen (secondary N) is 3. The summed E-state index contributed by atoms with van der Waals surface area (Å²) in [6.45, 7) is 13.8. The summed E-state index contributed by atoms with van der Waals surface area (Å²) in [4.78, 5) is 18.0. The maximum atomic E-state index is 13.7. The summed E-state index contributed by atoms with van der Waals surface area (Å²) >= 11 is 1.56. The summed E-state index contributed by atoms with van der Waals surface area (Å²) in [5.74, 6) is 0.902. The lowest BCUT2D eigenvalue weighted by Crippen LogP contribution is -2.40. The summed E-state index contributed by atoms with van der Waals surface area (Å²) in [7, 11) is -3.86. The van der Waals surface area contributed by atoms with Gasteiger partial charge in [0.1, 0.15) is 0 Å². The third-order valence-electron chi connectivity index (χ3n) is 6.75. The van der Waals surface area contributed by atoms with Gasteiger partial charge in [-0.15, -0.1) is 11.3 Å². The number of aromatic nitrogens is 3. The Balaban J connectivity index is 1.60. The van der Waals surface area contributed by atoms with Gasteiger partial charge in [0.2, 0.25) is 10.0 Å². The van der Waals surface area contributed by atoms with Crippen molar-refractivity contribution in [2.45, 2.75) is 109 Å². The van der Waals surface area contributed by atoms with Crippen molar-refractivity contribution in [3.05, 3.63) is 41.2 Å². The molecule has 0 saturated heterocycles. The highest BCUT2D eigenvalue weighted by atomic mass is 32.2. The van der Waals surface area contributed by atoms with Gasteiger partial charge in [0.15, 0.2) is 5.82 Å². The zero-order chi connectivity index (χ0) is 29.9. The number of carbonyl (C=O) groups is 1. The molecule has 0 atom stereocenters. The Morgan fingerprint density at radius 2 is 1.88 bits per heavy atom. The van der Waals surface area contributed by atoms with E-state index in [4.69, 9.17) is 9.72 Å². The molecule has 0 radical (unpaired) electrons. The number of anilines is 2. The number of sulfonamides is 1. The number of ether oxygens (including phenoxy) is 1. The summed E-state index contributed by atoms with van der Waals surface area (Å²) in [6.07, 6.45) is 4.82. The van der Waals surface area contributed by atoms with E-state index in [2.05, 4.69) is 20.5 Å². The first kappa shape index (κ1) is 31.0. The van der Waals surface area contributed by atoms with E-state index >= 15 is 0 Å². The number of hydrogen-bond donors (Lipinski definition) is 3. The Morgan fingerprint density at radius 3 is 2.49 bits per heavy atom. The molecule has 0 aliphatic heterocycles. The standard InChI is InChI=1S/C29H42N6O4S2/c1-8-35-16-15-25(33-35)31-22-13-14-23(24(17-22)41(37,38)34-29(5,6)7)26-19(4)30-27(40-26)20-9-11-21(12-10-20)32-28(36)39-18(2)3/h13-18,20-21,34H,8-12H2,1-7H3,(H,31,33)(H,32,36)/t20-,21-. The van der Waals surface area contributed by atoms with Gasteiger partial charge in [-0.2, -0.15) is 5.10 Å². The molecule has 0 unspecified atom stereocenters. The summed E-state index contributed by atoms with van der Waals surface area (Å²) in [5, 5.41) is 11.7. The number of hydrogen-bond acceptors (Lipinski definition) is 8. The fourth-order valence-corrected chi connectivity index (χ4v) is 7.96. The van der Waals surface area contributed by atoms with Gasteiger partial charge in [-0.1, -0.05) is 6.07 Å². The summed E-state index contributed by atoms with van der Waals surface area (Å²) < 4.78 is 37.2. The van der Waals surface area contributed by atoms with Crippen LogP contribution in [-0.2, 0) is 21.3 Å². The average Bonchev–Trinajstić information content (AvgIpc) is 3.49. The zero-order valence-corrected chi connectivity index (χ0v) is 26.6. The molecule has 41 heavy (non-hydrogen) atoms. The fraction of sp³-hybridized carbons (Fsp3) is 0.552. The van der Waals surface area contributed by atoms with E-state index in [0.29, 0.717) is 17.1 Å². The van der Waals surface area contributed by atoms with Crippen molar-refractivity contribution in [1.82, 2.24) is 24.8 Å². The van der Waals surface area contributed by atoms with Gasteiger partial charge in [0.05, 0.1) is 26.6 Å². The molecule has 0 bridgehead atoms. The van der Waals surface area contributed by atoms with Gasteiger partial charge in [-0.25, -0.2) is 22.9 Å². The molecule has 10 nitrogen and oxygen atoms in total. The van der Waals surface area contributed by atoms with Crippen LogP contribution in [0.15, 0.2) is 35.4 Å². The lowest BCUT2D eigenvalue weighted by Gasteiger charge is -2.28. The number of aryl methyl sites for hydroxylation is 2. The van der Waals surface area contributed by atoms with E-state index in [1.54, 1.807) is 22.1 Å². The Bertz CT molecular complexity index is 1460. The molecule has 1 saturated carbocycles. The monoisotopic (exact) mass is 602 g/mol. The highest BCUT2D eigenvalue weighted by molar-refractivity contribution is 7.89. The number of nitrogens with zero attached hydrogens (tertiary/aromatic N) is 3. The molecule has 3 N–H and O–H groups in total. The first-order chi connectivity index (χ1) is 19.2. The highest BCUT2D eigenvalue weighted by Gasteiger charge is 2.30. The number of carbonyl (C=O) groups excluding carboxylic acids is 1. The lowest BCUT2D eigenvalue weighted by molar-refractivity contribution is 0.109. The van der Waals surface area contributed by atoms with Gasteiger partial charge in [0.25, 0.3) is 0 Å². The van der Waals surface area contributed by atoms with Crippen LogP contribution >= 0.6 is 11.3 Å².